The van der Waals surface area contributed by atoms with Crippen LogP contribution in [0, 0.1) is 5.92 Å². The Morgan fingerprint density at radius 3 is 2.81 bits per heavy atom. The summed E-state index contributed by atoms with van der Waals surface area (Å²) in [5.74, 6) is 2.20. The summed E-state index contributed by atoms with van der Waals surface area (Å²) in [5.41, 5.74) is 1.05. The van der Waals surface area contributed by atoms with Crippen LogP contribution in [0.4, 0.5) is 0 Å². The van der Waals surface area contributed by atoms with Crippen molar-refractivity contribution in [2.75, 3.05) is 32.5 Å². The van der Waals surface area contributed by atoms with Crippen molar-refractivity contribution in [2.45, 2.75) is 38.0 Å². The number of pyridine rings is 1. The van der Waals surface area contributed by atoms with Crippen LogP contribution in [0.2, 0.25) is 0 Å². The van der Waals surface area contributed by atoms with Crippen LogP contribution in [0.5, 0.6) is 5.88 Å². The Morgan fingerprint density at radius 2 is 2.19 bits per heavy atom. The minimum absolute atomic E-state index is 0. The third-order valence-corrected chi connectivity index (χ3v) is 7.50. The number of nitrogens with zero attached hydrogens (tertiary/aromatic N) is 3. The van der Waals surface area contributed by atoms with Gasteiger partial charge in [0.05, 0.1) is 17.1 Å². The molecule has 0 aromatic carbocycles. The van der Waals surface area contributed by atoms with Crippen molar-refractivity contribution in [2.24, 2.45) is 10.9 Å². The Balaban J connectivity index is 0.00000261. The fourth-order valence-electron chi connectivity index (χ4n) is 2.96. The van der Waals surface area contributed by atoms with Crippen LogP contribution in [-0.2, 0) is 16.4 Å². The Labute approximate surface area is 178 Å². The molecule has 9 heteroatoms. The minimum Gasteiger partial charge on any atom is -0.477 e. The molecule has 0 atom stereocenters. The van der Waals surface area contributed by atoms with Crippen molar-refractivity contribution < 1.29 is 13.2 Å². The summed E-state index contributed by atoms with van der Waals surface area (Å²) in [6, 6.07) is 3.88. The van der Waals surface area contributed by atoms with E-state index in [1.54, 1.807) is 27.1 Å². The monoisotopic (exact) mass is 508 g/mol. The zero-order valence-corrected chi connectivity index (χ0v) is 19.3. The van der Waals surface area contributed by atoms with Crippen molar-refractivity contribution in [3.63, 3.8) is 0 Å². The van der Waals surface area contributed by atoms with E-state index in [0.717, 1.165) is 12.2 Å². The van der Waals surface area contributed by atoms with Crippen LogP contribution in [0.25, 0.3) is 0 Å². The first-order chi connectivity index (χ1) is 12.3. The molecule has 1 aliphatic carbocycles. The van der Waals surface area contributed by atoms with Crippen LogP contribution in [0.3, 0.4) is 0 Å². The zero-order chi connectivity index (χ0) is 18.8. The molecule has 1 aromatic rings. The van der Waals surface area contributed by atoms with Crippen molar-refractivity contribution in [3.05, 3.63) is 23.9 Å². The molecule has 0 bridgehead atoms. The van der Waals surface area contributed by atoms with E-state index < -0.39 is 14.6 Å². The lowest BCUT2D eigenvalue weighted by Gasteiger charge is -2.39. The lowest BCUT2D eigenvalue weighted by molar-refractivity contribution is 0.288. The maximum Gasteiger partial charge on any atom is 0.213 e. The van der Waals surface area contributed by atoms with Gasteiger partial charge in [-0.2, -0.15) is 0 Å². The molecule has 152 valence electrons. The Bertz CT molecular complexity index is 779. The largest absolute Gasteiger partial charge is 0.477 e. The number of aliphatic imine (C=N–C) groups is 1. The molecule has 1 saturated heterocycles. The van der Waals surface area contributed by atoms with Gasteiger partial charge in [-0.1, -0.05) is 0 Å². The van der Waals surface area contributed by atoms with E-state index in [4.69, 9.17) is 4.74 Å². The second-order valence-electron chi connectivity index (χ2n) is 7.66. The normalized spacial score (nSPS) is 21.3. The predicted octanol–water partition coefficient (Wildman–Crippen LogP) is 2.07. The zero-order valence-electron chi connectivity index (χ0n) is 16.1. The number of guanidine groups is 1. The van der Waals surface area contributed by atoms with Gasteiger partial charge in [-0.25, -0.2) is 13.4 Å². The number of sulfone groups is 1. The maximum absolute atomic E-state index is 12.2. The first-order valence-corrected chi connectivity index (χ1v) is 10.7. The molecule has 1 saturated carbocycles. The van der Waals surface area contributed by atoms with E-state index in [2.05, 4.69) is 15.3 Å². The number of aromatic nitrogens is 1. The summed E-state index contributed by atoms with van der Waals surface area (Å²) in [7, 11) is -1.35. The summed E-state index contributed by atoms with van der Waals surface area (Å²) >= 11 is 0. The molecule has 1 aliphatic heterocycles. The predicted molar refractivity (Wildman–Crippen MR) is 118 cm³/mol. The molecule has 0 amide bonds. The van der Waals surface area contributed by atoms with Crippen molar-refractivity contribution in [1.29, 1.82) is 0 Å². The lowest BCUT2D eigenvalue weighted by Crippen LogP contribution is -2.57. The molecular weight excluding hydrogens is 479 g/mol. The summed E-state index contributed by atoms with van der Waals surface area (Å²) < 4.78 is 29.3. The van der Waals surface area contributed by atoms with Gasteiger partial charge in [0.25, 0.3) is 0 Å². The first-order valence-electron chi connectivity index (χ1n) is 9.06. The third kappa shape index (κ3) is 5.69. The van der Waals surface area contributed by atoms with Crippen molar-refractivity contribution in [1.82, 2.24) is 15.2 Å². The minimum atomic E-state index is -3.07. The van der Waals surface area contributed by atoms with Gasteiger partial charge in [-0.15, -0.1) is 24.0 Å². The quantitative estimate of drug-likeness (QED) is 0.373. The van der Waals surface area contributed by atoms with Gasteiger partial charge in [0, 0.05) is 38.9 Å². The molecule has 2 heterocycles. The number of rotatable bonds is 5. The highest BCUT2D eigenvalue weighted by molar-refractivity contribution is 14.0. The van der Waals surface area contributed by atoms with Gasteiger partial charge in [0.1, 0.15) is 0 Å². The van der Waals surface area contributed by atoms with Crippen LogP contribution in [0.15, 0.2) is 23.3 Å². The second kappa shape index (κ2) is 8.93. The van der Waals surface area contributed by atoms with Crippen LogP contribution in [0.1, 0.15) is 32.3 Å². The highest BCUT2D eigenvalue weighted by atomic mass is 127. The van der Waals surface area contributed by atoms with Gasteiger partial charge < -0.3 is 15.0 Å². The highest BCUT2D eigenvalue weighted by Gasteiger charge is 2.40. The van der Waals surface area contributed by atoms with E-state index >= 15 is 0 Å². The van der Waals surface area contributed by atoms with E-state index in [9.17, 15) is 8.42 Å². The molecule has 1 N–H and O–H groups in total. The van der Waals surface area contributed by atoms with Crippen LogP contribution in [-0.4, -0.2) is 61.5 Å². The summed E-state index contributed by atoms with van der Waals surface area (Å²) in [4.78, 5) is 10.6. The molecule has 0 spiro atoms. The Kier molecular flexibility index (Phi) is 7.34. The number of nitrogens with one attached hydrogen (secondary N) is 1. The fraction of sp³-hybridized carbons (Fsp3) is 0.667. The molecule has 7 nitrogen and oxygen atoms in total. The number of halogens is 1. The summed E-state index contributed by atoms with van der Waals surface area (Å²) in [5, 5.41) is 3.32. The number of hydrogen-bond acceptors (Lipinski definition) is 5. The highest BCUT2D eigenvalue weighted by Crippen LogP contribution is 2.29. The average Bonchev–Trinajstić information content (AvgIpc) is 3.41. The second-order valence-corrected chi connectivity index (χ2v) is 10.4. The lowest BCUT2D eigenvalue weighted by atomic mass is 10.2. The van der Waals surface area contributed by atoms with E-state index in [1.165, 1.54) is 12.8 Å². The van der Waals surface area contributed by atoms with Gasteiger partial charge in [-0.05, 0) is 44.2 Å². The maximum atomic E-state index is 12.2. The third-order valence-electron chi connectivity index (χ3n) is 4.97. The fourth-order valence-corrected chi connectivity index (χ4v) is 4.33. The van der Waals surface area contributed by atoms with Crippen LogP contribution >= 0.6 is 24.0 Å². The number of ether oxygens (including phenoxy) is 1. The Morgan fingerprint density at radius 1 is 1.44 bits per heavy atom. The van der Waals surface area contributed by atoms with Gasteiger partial charge in [0.2, 0.25) is 5.88 Å². The molecule has 27 heavy (non-hydrogen) atoms. The SMILES string of the molecule is CN=C(NCc1ccnc(OCC2CC2)c1)N1CCS(=O)(=O)C(C)(C)C1.I. The molecule has 0 unspecified atom stereocenters. The molecule has 1 aromatic heterocycles. The van der Waals surface area contributed by atoms with Crippen LogP contribution < -0.4 is 10.1 Å². The number of hydrogen-bond donors (Lipinski definition) is 1. The molecule has 0 radical (unpaired) electrons. The van der Waals surface area contributed by atoms with Crippen molar-refractivity contribution in [3.8, 4) is 5.88 Å². The van der Waals surface area contributed by atoms with E-state index in [1.807, 2.05) is 17.0 Å². The van der Waals surface area contributed by atoms with Gasteiger partial charge in [-0.3, -0.25) is 4.99 Å². The Hall–Kier alpha value is -1.10. The smallest absolute Gasteiger partial charge is 0.213 e. The van der Waals surface area contributed by atoms with Gasteiger partial charge in [0.15, 0.2) is 15.8 Å². The topological polar surface area (TPSA) is 83.9 Å². The van der Waals surface area contributed by atoms with Crippen molar-refractivity contribution >= 4 is 39.8 Å². The summed E-state index contributed by atoms with van der Waals surface area (Å²) in [6.07, 6.45) is 4.25. The average molecular weight is 508 g/mol. The summed E-state index contributed by atoms with van der Waals surface area (Å²) in [6.45, 7) is 5.75. The molecule has 2 fully saturated rings. The molecule has 3 rings (SSSR count). The molecular formula is C18H29IN4O3S. The first kappa shape index (κ1) is 22.2. The van der Waals surface area contributed by atoms with E-state index in [0.29, 0.717) is 37.4 Å². The standard InChI is InChI=1S/C18H28N4O3S.HI/c1-18(2)13-22(8-9-26(18,23)24)17(19-3)21-11-15-6-7-20-16(10-15)25-12-14-4-5-14;/h6-7,10,14H,4-5,8-9,11-13H2,1-3H3,(H,19,21);1H. The van der Waals surface area contributed by atoms with Gasteiger partial charge >= 0.3 is 0 Å². The molecule has 2 aliphatic rings. The van der Waals surface area contributed by atoms with E-state index in [-0.39, 0.29) is 29.7 Å².